The molecule has 24 heavy (non-hydrogen) atoms. The smallest absolute Gasteiger partial charge is 0.257 e. The van der Waals surface area contributed by atoms with Crippen molar-refractivity contribution in [3.8, 4) is 11.5 Å². The van der Waals surface area contributed by atoms with Crippen molar-refractivity contribution in [2.75, 3.05) is 0 Å². The van der Waals surface area contributed by atoms with Crippen LogP contribution in [0.5, 0.6) is 0 Å². The summed E-state index contributed by atoms with van der Waals surface area (Å²) in [6.07, 6.45) is 0. The predicted octanol–water partition coefficient (Wildman–Crippen LogP) is 3.59. The molecule has 3 rings (SSSR count). The first-order valence-electron chi connectivity index (χ1n) is 7.78. The number of hydrogen-bond donors (Lipinski definition) is 1. The van der Waals surface area contributed by atoms with Crippen molar-refractivity contribution < 1.29 is 9.32 Å². The van der Waals surface area contributed by atoms with Crippen LogP contribution in [-0.2, 0) is 6.54 Å². The van der Waals surface area contributed by atoms with Gasteiger partial charge in [0, 0.05) is 17.7 Å². The summed E-state index contributed by atoms with van der Waals surface area (Å²) in [5.74, 6) is 0.929. The van der Waals surface area contributed by atoms with Gasteiger partial charge in [-0.15, -0.1) is 0 Å². The fraction of sp³-hybridized carbons (Fsp3) is 0.211. The molecule has 2 aromatic carbocycles. The number of aromatic nitrogens is 2. The van der Waals surface area contributed by atoms with Gasteiger partial charge in [0.25, 0.3) is 11.8 Å². The minimum atomic E-state index is -0.108. The van der Waals surface area contributed by atoms with Crippen molar-refractivity contribution in [3.63, 3.8) is 0 Å². The van der Waals surface area contributed by atoms with Crippen LogP contribution in [0.2, 0.25) is 0 Å². The molecular weight excluding hydrogens is 302 g/mol. The molecule has 0 aliphatic heterocycles. The third-order valence-electron chi connectivity index (χ3n) is 3.86. The molecule has 122 valence electrons. The molecule has 1 N–H and O–H groups in total. The Balaban J connectivity index is 1.67. The summed E-state index contributed by atoms with van der Waals surface area (Å²) in [5.41, 5.74) is 4.90. The normalized spacial score (nSPS) is 10.6. The quantitative estimate of drug-likeness (QED) is 0.797. The van der Waals surface area contributed by atoms with Crippen LogP contribution >= 0.6 is 0 Å². The monoisotopic (exact) mass is 321 g/mol. The minimum absolute atomic E-state index is 0.108. The standard InChI is InChI=1S/C19H19N3O2/c1-12-4-5-17(13(2)10-12)11-20-18(23)15-6-8-16(9-7-15)19-21-14(3)22-24-19/h4-10H,11H2,1-3H3,(H,20,23). The van der Waals surface area contributed by atoms with Crippen molar-refractivity contribution in [1.82, 2.24) is 15.5 Å². The van der Waals surface area contributed by atoms with Crippen LogP contribution in [0, 0.1) is 20.8 Å². The van der Waals surface area contributed by atoms with Crippen molar-refractivity contribution >= 4 is 5.91 Å². The van der Waals surface area contributed by atoms with Crippen LogP contribution < -0.4 is 5.32 Å². The van der Waals surface area contributed by atoms with E-state index in [-0.39, 0.29) is 5.91 Å². The van der Waals surface area contributed by atoms with Gasteiger partial charge in [0.05, 0.1) is 0 Å². The van der Waals surface area contributed by atoms with Crippen molar-refractivity contribution in [3.05, 3.63) is 70.5 Å². The maximum Gasteiger partial charge on any atom is 0.257 e. The van der Waals surface area contributed by atoms with E-state index in [1.165, 1.54) is 11.1 Å². The highest BCUT2D eigenvalue weighted by Crippen LogP contribution is 2.17. The second-order valence-corrected chi connectivity index (χ2v) is 5.84. The van der Waals surface area contributed by atoms with E-state index in [0.29, 0.717) is 23.8 Å². The molecule has 0 fully saturated rings. The van der Waals surface area contributed by atoms with Crippen LogP contribution in [0.4, 0.5) is 0 Å². The van der Waals surface area contributed by atoms with E-state index in [1.807, 2.05) is 6.07 Å². The van der Waals surface area contributed by atoms with E-state index in [4.69, 9.17) is 4.52 Å². The summed E-state index contributed by atoms with van der Waals surface area (Å²) in [7, 11) is 0. The Morgan fingerprint density at radius 2 is 1.83 bits per heavy atom. The second kappa shape index (κ2) is 6.66. The SMILES string of the molecule is Cc1ccc(CNC(=O)c2ccc(-c3nc(C)no3)cc2)c(C)c1. The topological polar surface area (TPSA) is 68.0 Å². The number of amides is 1. The molecule has 5 heteroatoms. The molecule has 0 unspecified atom stereocenters. The summed E-state index contributed by atoms with van der Waals surface area (Å²) in [4.78, 5) is 16.5. The molecule has 0 aliphatic rings. The predicted molar refractivity (Wildman–Crippen MR) is 91.6 cm³/mol. The zero-order chi connectivity index (χ0) is 17.1. The molecule has 1 aromatic heterocycles. The lowest BCUT2D eigenvalue weighted by atomic mass is 10.1. The molecular formula is C19H19N3O2. The van der Waals surface area contributed by atoms with E-state index in [9.17, 15) is 4.79 Å². The Morgan fingerprint density at radius 1 is 1.08 bits per heavy atom. The number of nitrogens with one attached hydrogen (secondary N) is 1. The highest BCUT2D eigenvalue weighted by atomic mass is 16.5. The largest absolute Gasteiger partial charge is 0.348 e. The number of carbonyl (C=O) groups excluding carboxylic acids is 1. The third kappa shape index (κ3) is 3.51. The molecule has 0 spiro atoms. The minimum Gasteiger partial charge on any atom is -0.348 e. The summed E-state index contributed by atoms with van der Waals surface area (Å²) in [6.45, 7) is 6.38. The van der Waals surface area contributed by atoms with Gasteiger partial charge in [-0.05, 0) is 56.2 Å². The van der Waals surface area contributed by atoms with Crippen molar-refractivity contribution in [2.24, 2.45) is 0 Å². The number of benzene rings is 2. The van der Waals surface area contributed by atoms with E-state index >= 15 is 0 Å². The average Bonchev–Trinajstić information content (AvgIpc) is 3.00. The Labute approximate surface area is 140 Å². The molecule has 0 radical (unpaired) electrons. The van der Waals surface area contributed by atoms with Gasteiger partial charge in [-0.1, -0.05) is 28.9 Å². The first-order valence-corrected chi connectivity index (χ1v) is 7.78. The molecule has 0 saturated heterocycles. The van der Waals surface area contributed by atoms with Gasteiger partial charge in [0.15, 0.2) is 5.82 Å². The number of rotatable bonds is 4. The van der Waals surface area contributed by atoms with E-state index < -0.39 is 0 Å². The fourth-order valence-corrected chi connectivity index (χ4v) is 2.50. The van der Waals surface area contributed by atoms with Gasteiger partial charge >= 0.3 is 0 Å². The molecule has 1 heterocycles. The number of nitrogens with zero attached hydrogens (tertiary/aromatic N) is 2. The van der Waals surface area contributed by atoms with E-state index in [1.54, 1.807) is 31.2 Å². The van der Waals surface area contributed by atoms with Crippen LogP contribution in [0.15, 0.2) is 47.0 Å². The number of hydrogen-bond acceptors (Lipinski definition) is 4. The Hall–Kier alpha value is -2.95. The maximum absolute atomic E-state index is 12.3. The lowest BCUT2D eigenvalue weighted by Gasteiger charge is -2.09. The first-order chi connectivity index (χ1) is 11.5. The molecule has 0 aliphatic carbocycles. The van der Waals surface area contributed by atoms with Gasteiger partial charge in [-0.25, -0.2) is 0 Å². The van der Waals surface area contributed by atoms with Gasteiger partial charge in [0.2, 0.25) is 0 Å². The van der Waals surface area contributed by atoms with Crippen molar-refractivity contribution in [2.45, 2.75) is 27.3 Å². The molecule has 0 bridgehead atoms. The van der Waals surface area contributed by atoms with Crippen LogP contribution in [0.25, 0.3) is 11.5 Å². The molecule has 5 nitrogen and oxygen atoms in total. The Morgan fingerprint density at radius 3 is 2.46 bits per heavy atom. The lowest BCUT2D eigenvalue weighted by molar-refractivity contribution is 0.0951. The second-order valence-electron chi connectivity index (χ2n) is 5.84. The third-order valence-corrected chi connectivity index (χ3v) is 3.86. The summed E-state index contributed by atoms with van der Waals surface area (Å²) in [6, 6.07) is 13.3. The zero-order valence-corrected chi connectivity index (χ0v) is 14.0. The average molecular weight is 321 g/mol. The van der Waals surface area contributed by atoms with Gasteiger partial charge < -0.3 is 9.84 Å². The molecule has 0 saturated carbocycles. The summed E-state index contributed by atoms with van der Waals surface area (Å²) in [5, 5.41) is 6.71. The maximum atomic E-state index is 12.3. The molecule has 0 atom stereocenters. The van der Waals surface area contributed by atoms with Crippen LogP contribution in [0.3, 0.4) is 0 Å². The summed E-state index contributed by atoms with van der Waals surface area (Å²) < 4.78 is 5.12. The zero-order valence-electron chi connectivity index (χ0n) is 14.0. The van der Waals surface area contributed by atoms with Crippen LogP contribution in [0.1, 0.15) is 32.9 Å². The number of carbonyl (C=O) groups is 1. The van der Waals surface area contributed by atoms with Gasteiger partial charge in [-0.3, -0.25) is 4.79 Å². The summed E-state index contributed by atoms with van der Waals surface area (Å²) >= 11 is 0. The molecule has 1 amide bonds. The van der Waals surface area contributed by atoms with E-state index in [0.717, 1.165) is 11.1 Å². The Bertz CT molecular complexity index is 867. The first kappa shape index (κ1) is 15.9. The highest BCUT2D eigenvalue weighted by Gasteiger charge is 2.09. The fourth-order valence-electron chi connectivity index (χ4n) is 2.50. The molecule has 3 aromatic rings. The van der Waals surface area contributed by atoms with Crippen LogP contribution in [-0.4, -0.2) is 16.0 Å². The van der Waals surface area contributed by atoms with Crippen molar-refractivity contribution in [1.29, 1.82) is 0 Å². The lowest BCUT2D eigenvalue weighted by Crippen LogP contribution is -2.23. The van der Waals surface area contributed by atoms with Gasteiger partial charge in [-0.2, -0.15) is 4.98 Å². The highest BCUT2D eigenvalue weighted by molar-refractivity contribution is 5.94. The van der Waals surface area contributed by atoms with Gasteiger partial charge in [0.1, 0.15) is 0 Å². The van der Waals surface area contributed by atoms with E-state index in [2.05, 4.69) is 41.4 Å². The number of aryl methyl sites for hydroxylation is 3. The Kier molecular flexibility index (Phi) is 4.42.